The van der Waals surface area contributed by atoms with Crippen molar-refractivity contribution in [2.24, 2.45) is 0 Å². The van der Waals surface area contributed by atoms with E-state index < -0.39 is 0 Å². The molecule has 2 N–H and O–H groups in total. The van der Waals surface area contributed by atoms with Crippen LogP contribution >= 0.6 is 0 Å². The fourth-order valence-corrected chi connectivity index (χ4v) is 3.22. The van der Waals surface area contributed by atoms with E-state index in [1.165, 1.54) is 28.8 Å². The Kier molecular flexibility index (Phi) is 3.39. The van der Waals surface area contributed by atoms with Crippen molar-refractivity contribution in [3.05, 3.63) is 59.2 Å². The third-order valence-electron chi connectivity index (χ3n) is 4.26. The fraction of sp³-hybridized carbons (Fsp3) is 0.333. The highest BCUT2D eigenvalue weighted by Crippen LogP contribution is 2.33. The molecule has 0 radical (unpaired) electrons. The average molecular weight is 266 g/mol. The molecule has 1 unspecified atom stereocenters. The van der Waals surface area contributed by atoms with Crippen LogP contribution in [0.2, 0.25) is 0 Å². The van der Waals surface area contributed by atoms with Crippen LogP contribution in [-0.4, -0.2) is 13.1 Å². The molecular formula is C18H22N2. The van der Waals surface area contributed by atoms with Gasteiger partial charge in [-0.3, -0.25) is 0 Å². The molecule has 1 aliphatic heterocycles. The van der Waals surface area contributed by atoms with Gasteiger partial charge < -0.3 is 10.6 Å². The molecule has 104 valence electrons. The van der Waals surface area contributed by atoms with Crippen molar-refractivity contribution in [1.29, 1.82) is 0 Å². The third-order valence-corrected chi connectivity index (χ3v) is 4.26. The molecule has 0 spiro atoms. The maximum atomic E-state index is 5.90. The van der Waals surface area contributed by atoms with E-state index in [1.807, 2.05) is 6.07 Å². The number of hydrogen-bond acceptors (Lipinski definition) is 2. The van der Waals surface area contributed by atoms with Crippen molar-refractivity contribution in [1.82, 2.24) is 0 Å². The molecule has 0 aliphatic carbocycles. The molecule has 3 rings (SSSR count). The normalized spacial score (nSPS) is 18.5. The van der Waals surface area contributed by atoms with Crippen LogP contribution in [0.25, 0.3) is 0 Å². The van der Waals surface area contributed by atoms with Crippen molar-refractivity contribution in [3.63, 3.8) is 0 Å². The molecule has 1 aliphatic rings. The topological polar surface area (TPSA) is 29.3 Å². The van der Waals surface area contributed by atoms with Gasteiger partial charge in [-0.05, 0) is 49.6 Å². The molecule has 2 aromatic rings. The monoisotopic (exact) mass is 266 g/mol. The Bertz CT molecular complexity index is 619. The molecule has 2 aromatic carbocycles. The number of anilines is 2. The van der Waals surface area contributed by atoms with E-state index in [9.17, 15) is 0 Å². The van der Waals surface area contributed by atoms with Gasteiger partial charge in [0.15, 0.2) is 0 Å². The molecule has 1 saturated heterocycles. The van der Waals surface area contributed by atoms with E-state index >= 15 is 0 Å². The third kappa shape index (κ3) is 2.51. The van der Waals surface area contributed by atoms with E-state index in [2.05, 4.69) is 55.1 Å². The maximum absolute atomic E-state index is 5.90. The molecule has 20 heavy (non-hydrogen) atoms. The lowest BCUT2D eigenvalue weighted by Gasteiger charge is -2.21. The minimum absolute atomic E-state index is 0.596. The van der Waals surface area contributed by atoms with Crippen molar-refractivity contribution >= 4 is 11.4 Å². The largest absolute Gasteiger partial charge is 0.399 e. The quantitative estimate of drug-likeness (QED) is 0.836. The lowest BCUT2D eigenvalue weighted by molar-refractivity contribution is 0.775. The Morgan fingerprint density at radius 3 is 2.70 bits per heavy atom. The summed E-state index contributed by atoms with van der Waals surface area (Å²) >= 11 is 0. The number of nitrogens with two attached hydrogens (primary N) is 1. The zero-order valence-corrected chi connectivity index (χ0v) is 12.3. The predicted molar refractivity (Wildman–Crippen MR) is 86.3 cm³/mol. The first-order valence-electron chi connectivity index (χ1n) is 7.31. The molecule has 0 saturated carbocycles. The number of aryl methyl sites for hydroxylation is 2. The SMILES string of the molecule is Cc1ccc(N2CCC(c3cccc(N)c3)C2)c(C)c1. The van der Waals surface area contributed by atoms with Gasteiger partial charge in [-0.1, -0.05) is 29.8 Å². The summed E-state index contributed by atoms with van der Waals surface area (Å²) in [7, 11) is 0. The second-order valence-electron chi connectivity index (χ2n) is 5.89. The van der Waals surface area contributed by atoms with E-state index in [4.69, 9.17) is 5.73 Å². The van der Waals surface area contributed by atoms with Crippen LogP contribution in [0, 0.1) is 13.8 Å². The maximum Gasteiger partial charge on any atom is 0.0396 e. The Labute approximate surface area is 121 Å². The van der Waals surface area contributed by atoms with Crippen LogP contribution < -0.4 is 10.6 Å². The Balaban J connectivity index is 1.79. The van der Waals surface area contributed by atoms with Gasteiger partial charge in [-0.2, -0.15) is 0 Å². The fourth-order valence-electron chi connectivity index (χ4n) is 3.22. The highest BCUT2D eigenvalue weighted by Gasteiger charge is 2.24. The van der Waals surface area contributed by atoms with Crippen LogP contribution in [0.4, 0.5) is 11.4 Å². The van der Waals surface area contributed by atoms with Gasteiger partial charge in [-0.15, -0.1) is 0 Å². The molecule has 2 nitrogen and oxygen atoms in total. The molecule has 2 heteroatoms. The number of benzene rings is 2. The zero-order valence-electron chi connectivity index (χ0n) is 12.3. The molecule has 1 fully saturated rings. The number of nitrogen functional groups attached to an aromatic ring is 1. The Morgan fingerprint density at radius 2 is 1.95 bits per heavy atom. The van der Waals surface area contributed by atoms with E-state index in [1.54, 1.807) is 0 Å². The van der Waals surface area contributed by atoms with Crippen molar-refractivity contribution in [2.75, 3.05) is 23.7 Å². The summed E-state index contributed by atoms with van der Waals surface area (Å²) in [6, 6.07) is 15.1. The lowest BCUT2D eigenvalue weighted by Crippen LogP contribution is -2.20. The molecule has 0 bridgehead atoms. The second-order valence-corrected chi connectivity index (χ2v) is 5.89. The zero-order chi connectivity index (χ0) is 14.1. The summed E-state index contributed by atoms with van der Waals surface area (Å²) < 4.78 is 0. The first-order valence-corrected chi connectivity index (χ1v) is 7.31. The minimum Gasteiger partial charge on any atom is -0.399 e. The summed E-state index contributed by atoms with van der Waals surface area (Å²) in [6.45, 7) is 6.57. The summed E-state index contributed by atoms with van der Waals surface area (Å²) in [4.78, 5) is 2.50. The van der Waals surface area contributed by atoms with Crippen molar-refractivity contribution < 1.29 is 0 Å². The smallest absolute Gasteiger partial charge is 0.0396 e. The van der Waals surface area contributed by atoms with Gasteiger partial charge in [0, 0.05) is 30.4 Å². The predicted octanol–water partition coefficient (Wildman–Crippen LogP) is 3.88. The summed E-state index contributed by atoms with van der Waals surface area (Å²) in [6.07, 6.45) is 1.21. The van der Waals surface area contributed by atoms with E-state index in [0.29, 0.717) is 5.92 Å². The van der Waals surface area contributed by atoms with Gasteiger partial charge in [0.1, 0.15) is 0 Å². The van der Waals surface area contributed by atoms with Crippen LogP contribution in [0.3, 0.4) is 0 Å². The van der Waals surface area contributed by atoms with Gasteiger partial charge in [-0.25, -0.2) is 0 Å². The van der Waals surface area contributed by atoms with Gasteiger partial charge >= 0.3 is 0 Å². The van der Waals surface area contributed by atoms with Crippen LogP contribution in [0.5, 0.6) is 0 Å². The van der Waals surface area contributed by atoms with Gasteiger partial charge in [0.05, 0.1) is 0 Å². The summed E-state index contributed by atoms with van der Waals surface area (Å²) in [5, 5.41) is 0. The molecule has 0 amide bonds. The number of nitrogens with zero attached hydrogens (tertiary/aromatic N) is 1. The Morgan fingerprint density at radius 1 is 1.10 bits per heavy atom. The molecule has 1 atom stereocenters. The molecule has 1 heterocycles. The van der Waals surface area contributed by atoms with Crippen molar-refractivity contribution in [2.45, 2.75) is 26.2 Å². The van der Waals surface area contributed by atoms with E-state index in [-0.39, 0.29) is 0 Å². The standard InChI is InChI=1S/C18H22N2/c1-13-6-7-18(14(2)10-13)20-9-8-16(12-20)15-4-3-5-17(19)11-15/h3-7,10-11,16H,8-9,12,19H2,1-2H3. The minimum atomic E-state index is 0.596. The van der Waals surface area contributed by atoms with Crippen molar-refractivity contribution in [3.8, 4) is 0 Å². The van der Waals surface area contributed by atoms with E-state index in [0.717, 1.165) is 18.8 Å². The highest BCUT2D eigenvalue weighted by atomic mass is 15.2. The van der Waals surface area contributed by atoms with Gasteiger partial charge in [0.25, 0.3) is 0 Å². The van der Waals surface area contributed by atoms with Crippen LogP contribution in [-0.2, 0) is 0 Å². The molecule has 0 aromatic heterocycles. The average Bonchev–Trinajstić information content (AvgIpc) is 2.88. The number of hydrogen-bond donors (Lipinski definition) is 1. The van der Waals surface area contributed by atoms with Crippen LogP contribution in [0.15, 0.2) is 42.5 Å². The highest BCUT2D eigenvalue weighted by molar-refractivity contribution is 5.56. The summed E-state index contributed by atoms with van der Waals surface area (Å²) in [5.74, 6) is 0.596. The first kappa shape index (κ1) is 13.0. The Hall–Kier alpha value is -1.96. The number of rotatable bonds is 2. The first-order chi connectivity index (χ1) is 9.63. The van der Waals surface area contributed by atoms with Gasteiger partial charge in [0.2, 0.25) is 0 Å². The molecular weight excluding hydrogens is 244 g/mol. The second kappa shape index (κ2) is 5.20. The van der Waals surface area contributed by atoms with Crippen LogP contribution in [0.1, 0.15) is 29.0 Å². The lowest BCUT2D eigenvalue weighted by atomic mass is 9.98. The summed E-state index contributed by atoms with van der Waals surface area (Å²) in [5.41, 5.74) is 12.2.